The van der Waals surface area contributed by atoms with Gasteiger partial charge in [0, 0.05) is 32.8 Å². The second-order valence-electron chi connectivity index (χ2n) is 9.34. The third-order valence-corrected chi connectivity index (χ3v) is 6.76. The van der Waals surface area contributed by atoms with E-state index in [4.69, 9.17) is 18.9 Å². The van der Waals surface area contributed by atoms with E-state index in [0.29, 0.717) is 15.5 Å². The molecule has 1 aliphatic heterocycles. The largest absolute Gasteiger partial charge is 0.451 e. The maximum absolute atomic E-state index is 13.8. The Kier molecular flexibility index (Phi) is 10.9. The third kappa shape index (κ3) is 7.88. The van der Waals surface area contributed by atoms with Crippen LogP contribution in [0.2, 0.25) is 0 Å². The SMILES string of the molecule is CC(=O)OC(C)C(=O)OC(C)C(=O)OC(C)C(=O)OC(C)C(=O)N(C1=NCCN1C(C)=O)c1ccc2nccnc2c1Br. The standard InChI is InChI=1S/C27H30BrN5O10/c1-13(41-25(38)15(3)43-26(39)16(4)42-24(37)14(2)40-18(6)35)23(36)33(27-31-11-12-32(27)17(5)34)20-8-7-19-22(21(20)28)30-10-9-29-19/h7-10,13-16H,11-12H2,1-6H3. The molecular formula is C27H30BrN5O10. The van der Waals surface area contributed by atoms with Crippen LogP contribution in [0.15, 0.2) is 34.0 Å². The van der Waals surface area contributed by atoms with Gasteiger partial charge in [0.2, 0.25) is 11.9 Å². The first-order chi connectivity index (χ1) is 20.2. The number of aliphatic imine (C=N–C) groups is 1. The Morgan fingerprint density at radius 3 is 1.91 bits per heavy atom. The molecule has 0 bridgehead atoms. The lowest BCUT2D eigenvalue weighted by Crippen LogP contribution is -2.51. The second-order valence-corrected chi connectivity index (χ2v) is 10.1. The van der Waals surface area contributed by atoms with Crippen LogP contribution in [0.1, 0.15) is 41.5 Å². The highest BCUT2D eigenvalue weighted by atomic mass is 79.9. The number of nitrogens with zero attached hydrogens (tertiary/aromatic N) is 5. The topological polar surface area (TPSA) is 184 Å². The number of hydrogen-bond acceptors (Lipinski definition) is 13. The molecule has 0 saturated heterocycles. The maximum Gasteiger partial charge on any atom is 0.347 e. The van der Waals surface area contributed by atoms with Crippen molar-refractivity contribution in [2.75, 3.05) is 18.0 Å². The third-order valence-electron chi connectivity index (χ3n) is 5.98. The molecule has 1 aliphatic rings. The number of carbonyl (C=O) groups is 6. The van der Waals surface area contributed by atoms with Crippen LogP contribution in [0.5, 0.6) is 0 Å². The van der Waals surface area contributed by atoms with Crippen molar-refractivity contribution in [2.45, 2.75) is 66.0 Å². The zero-order valence-electron chi connectivity index (χ0n) is 24.2. The minimum Gasteiger partial charge on any atom is -0.451 e. The van der Waals surface area contributed by atoms with Gasteiger partial charge in [-0.25, -0.2) is 19.3 Å². The Morgan fingerprint density at radius 1 is 0.814 bits per heavy atom. The molecule has 4 unspecified atom stereocenters. The van der Waals surface area contributed by atoms with Crippen LogP contribution >= 0.6 is 15.9 Å². The minimum absolute atomic E-state index is 0.0300. The van der Waals surface area contributed by atoms with Crippen molar-refractivity contribution in [3.63, 3.8) is 0 Å². The van der Waals surface area contributed by atoms with Crippen LogP contribution in [-0.4, -0.2) is 94.0 Å². The zero-order valence-corrected chi connectivity index (χ0v) is 25.8. The van der Waals surface area contributed by atoms with E-state index in [9.17, 15) is 28.8 Å². The summed E-state index contributed by atoms with van der Waals surface area (Å²) in [5.41, 5.74) is 1.25. The van der Waals surface area contributed by atoms with E-state index < -0.39 is 54.2 Å². The van der Waals surface area contributed by atoms with Crippen molar-refractivity contribution >= 4 is 74.3 Å². The molecule has 1 aromatic heterocycles. The number of fused-ring (bicyclic) bond motifs is 1. The maximum atomic E-state index is 13.8. The van der Waals surface area contributed by atoms with Gasteiger partial charge in [0.1, 0.15) is 5.52 Å². The summed E-state index contributed by atoms with van der Waals surface area (Å²) in [5.74, 6) is -4.93. The average Bonchev–Trinajstić information content (AvgIpc) is 3.43. The quantitative estimate of drug-likeness (QED) is 0.280. The van der Waals surface area contributed by atoms with Gasteiger partial charge < -0.3 is 18.9 Å². The molecule has 0 fully saturated rings. The van der Waals surface area contributed by atoms with Gasteiger partial charge in [-0.2, -0.15) is 0 Å². The summed E-state index contributed by atoms with van der Waals surface area (Å²) >= 11 is 3.48. The highest BCUT2D eigenvalue weighted by Gasteiger charge is 2.37. The number of esters is 4. The lowest BCUT2D eigenvalue weighted by atomic mass is 10.2. The summed E-state index contributed by atoms with van der Waals surface area (Å²) in [6.07, 6.45) is -2.64. The summed E-state index contributed by atoms with van der Waals surface area (Å²) in [7, 11) is 0. The number of rotatable bonds is 9. The van der Waals surface area contributed by atoms with Gasteiger partial charge in [-0.3, -0.25) is 34.2 Å². The Bertz CT molecular complexity index is 1480. The zero-order chi connectivity index (χ0) is 32.0. The molecule has 4 atom stereocenters. The molecule has 2 aromatic rings. The average molecular weight is 664 g/mol. The predicted octanol–water partition coefficient (Wildman–Crippen LogP) is 1.69. The van der Waals surface area contributed by atoms with Gasteiger partial charge >= 0.3 is 23.9 Å². The van der Waals surface area contributed by atoms with Crippen LogP contribution in [0.3, 0.4) is 0 Å². The highest BCUT2D eigenvalue weighted by Crippen LogP contribution is 2.34. The van der Waals surface area contributed by atoms with Gasteiger partial charge in [-0.15, -0.1) is 0 Å². The van der Waals surface area contributed by atoms with E-state index in [1.165, 1.54) is 51.9 Å². The van der Waals surface area contributed by atoms with E-state index in [2.05, 4.69) is 30.9 Å². The van der Waals surface area contributed by atoms with Gasteiger partial charge in [0.15, 0.2) is 24.4 Å². The van der Waals surface area contributed by atoms with Crippen LogP contribution in [0, 0.1) is 0 Å². The number of amides is 2. The van der Waals surface area contributed by atoms with E-state index in [1.54, 1.807) is 12.1 Å². The van der Waals surface area contributed by atoms with Gasteiger partial charge in [-0.1, -0.05) is 0 Å². The van der Waals surface area contributed by atoms with Crippen molar-refractivity contribution in [2.24, 2.45) is 4.99 Å². The molecule has 0 spiro atoms. The number of guanidine groups is 1. The van der Waals surface area contributed by atoms with Gasteiger partial charge in [0.05, 0.1) is 22.2 Å². The predicted molar refractivity (Wildman–Crippen MR) is 152 cm³/mol. The number of carbonyl (C=O) groups excluding carboxylic acids is 6. The summed E-state index contributed by atoms with van der Waals surface area (Å²) in [6, 6.07) is 3.22. The first kappa shape index (κ1) is 33.0. The Labute approximate surface area is 254 Å². The Hall–Kier alpha value is -4.47. The minimum atomic E-state index is -1.50. The summed E-state index contributed by atoms with van der Waals surface area (Å²) in [5, 5.41) is 0. The molecule has 0 saturated carbocycles. The summed E-state index contributed by atoms with van der Waals surface area (Å²) < 4.78 is 20.4. The van der Waals surface area contributed by atoms with Crippen LogP contribution in [0.25, 0.3) is 11.0 Å². The molecule has 3 rings (SSSR count). The molecular weight excluding hydrogens is 634 g/mol. The number of benzene rings is 1. The van der Waals surface area contributed by atoms with Crippen molar-refractivity contribution in [3.05, 3.63) is 29.0 Å². The van der Waals surface area contributed by atoms with E-state index in [1.807, 2.05) is 0 Å². The van der Waals surface area contributed by atoms with Crippen LogP contribution in [-0.2, 0) is 47.7 Å². The fourth-order valence-corrected chi connectivity index (χ4v) is 4.47. The first-order valence-electron chi connectivity index (χ1n) is 13.1. The van der Waals surface area contributed by atoms with Gasteiger partial charge in [-0.05, 0) is 55.8 Å². The van der Waals surface area contributed by atoms with Crippen LogP contribution < -0.4 is 4.90 Å². The van der Waals surface area contributed by atoms with Crippen molar-refractivity contribution in [1.29, 1.82) is 0 Å². The molecule has 230 valence electrons. The number of anilines is 1. The Balaban J connectivity index is 1.76. The normalized spacial score (nSPS) is 15.4. The van der Waals surface area contributed by atoms with Crippen molar-refractivity contribution in [3.8, 4) is 0 Å². The number of hydrogen-bond donors (Lipinski definition) is 0. The van der Waals surface area contributed by atoms with Crippen molar-refractivity contribution in [1.82, 2.24) is 14.9 Å². The Morgan fingerprint density at radius 2 is 1.35 bits per heavy atom. The number of halogens is 1. The highest BCUT2D eigenvalue weighted by molar-refractivity contribution is 9.10. The van der Waals surface area contributed by atoms with E-state index >= 15 is 0 Å². The molecule has 16 heteroatoms. The molecule has 0 radical (unpaired) electrons. The first-order valence-corrected chi connectivity index (χ1v) is 13.9. The monoisotopic (exact) mass is 663 g/mol. The molecule has 15 nitrogen and oxygen atoms in total. The lowest BCUT2D eigenvalue weighted by molar-refractivity contribution is -0.183. The molecule has 43 heavy (non-hydrogen) atoms. The van der Waals surface area contributed by atoms with Crippen molar-refractivity contribution < 1.29 is 47.7 Å². The van der Waals surface area contributed by atoms with E-state index in [0.717, 1.165) is 11.8 Å². The molecule has 1 aromatic carbocycles. The molecule has 0 aliphatic carbocycles. The molecule has 2 heterocycles. The second kappa shape index (κ2) is 14.1. The van der Waals surface area contributed by atoms with E-state index in [-0.39, 0.29) is 30.6 Å². The fourth-order valence-electron chi connectivity index (χ4n) is 3.85. The van der Waals surface area contributed by atoms with Crippen LogP contribution in [0.4, 0.5) is 5.69 Å². The van der Waals surface area contributed by atoms with Gasteiger partial charge in [0.25, 0.3) is 5.91 Å². The lowest BCUT2D eigenvalue weighted by Gasteiger charge is -2.30. The summed E-state index contributed by atoms with van der Waals surface area (Å²) in [4.78, 5) is 89.7. The number of aromatic nitrogens is 2. The smallest absolute Gasteiger partial charge is 0.347 e. The number of ether oxygens (including phenoxy) is 4. The molecule has 2 amide bonds. The molecule has 0 N–H and O–H groups in total. The fraction of sp³-hybridized carbons (Fsp3) is 0.444. The summed E-state index contributed by atoms with van der Waals surface area (Å²) in [6.45, 7) is 7.91.